The van der Waals surface area contributed by atoms with Gasteiger partial charge in [0, 0.05) is 6.20 Å². The van der Waals surface area contributed by atoms with Crippen molar-refractivity contribution in [3.63, 3.8) is 0 Å². The first-order valence-corrected chi connectivity index (χ1v) is 5.67. The fraction of sp³-hybridized carbons (Fsp3) is 0.200. The molecule has 0 bridgehead atoms. The fourth-order valence-corrected chi connectivity index (χ4v) is 1.54. The molecule has 1 heterocycles. The lowest BCUT2D eigenvalue weighted by Crippen LogP contribution is -2.41. The van der Waals surface area contributed by atoms with E-state index < -0.39 is 30.9 Å². The summed E-state index contributed by atoms with van der Waals surface area (Å²) >= 11 is 11.3. The first kappa shape index (κ1) is 15.2. The van der Waals surface area contributed by atoms with Crippen molar-refractivity contribution in [3.05, 3.63) is 28.0 Å². The molecule has 2 amide bonds. The van der Waals surface area contributed by atoms with Crippen LogP contribution in [0.3, 0.4) is 0 Å². The van der Waals surface area contributed by atoms with E-state index in [0.717, 1.165) is 11.1 Å². The Morgan fingerprint density at radius 2 is 1.95 bits per heavy atom. The Labute approximate surface area is 117 Å². The molecule has 0 spiro atoms. The van der Waals surface area contributed by atoms with Gasteiger partial charge in [0.15, 0.2) is 0 Å². The minimum absolute atomic E-state index is 0.0110. The normalized spacial score (nSPS) is 10.0. The lowest BCUT2D eigenvalue weighted by Gasteiger charge is -2.18. The van der Waals surface area contributed by atoms with Crippen molar-refractivity contribution in [3.8, 4) is 0 Å². The molecule has 0 aliphatic heterocycles. The van der Waals surface area contributed by atoms with Crippen LogP contribution in [0.2, 0.25) is 10.2 Å². The molecule has 0 unspecified atom stereocenters. The molecule has 0 fully saturated rings. The molecule has 0 aliphatic carbocycles. The summed E-state index contributed by atoms with van der Waals surface area (Å²) in [7, 11) is 0. The molecule has 3 N–H and O–H groups in total. The van der Waals surface area contributed by atoms with E-state index in [1.54, 1.807) is 0 Å². The van der Waals surface area contributed by atoms with E-state index in [1.165, 1.54) is 6.07 Å². The predicted octanol–water partition coefficient (Wildman–Crippen LogP) is 0.400. The maximum absolute atomic E-state index is 12.0. The summed E-state index contributed by atoms with van der Waals surface area (Å²) in [5, 5.41) is 8.74. The number of primary amides is 1. The number of carbonyl (C=O) groups is 3. The number of carbonyl (C=O) groups excluding carboxylic acids is 2. The third-order valence-corrected chi connectivity index (χ3v) is 2.69. The highest BCUT2D eigenvalue weighted by Gasteiger charge is 2.21. The van der Waals surface area contributed by atoms with Crippen LogP contribution in [0.15, 0.2) is 12.3 Å². The Bertz CT molecular complexity index is 520. The van der Waals surface area contributed by atoms with Crippen LogP contribution in [0.1, 0.15) is 10.4 Å². The number of aliphatic carboxylic acids is 1. The van der Waals surface area contributed by atoms with Crippen LogP contribution in [-0.4, -0.2) is 45.9 Å². The quantitative estimate of drug-likeness (QED) is 0.764. The van der Waals surface area contributed by atoms with Crippen molar-refractivity contribution >= 4 is 41.0 Å². The highest BCUT2D eigenvalue weighted by atomic mass is 35.5. The molecule has 9 heteroatoms. The number of hydrogen-bond donors (Lipinski definition) is 2. The van der Waals surface area contributed by atoms with Crippen LogP contribution in [-0.2, 0) is 9.59 Å². The largest absolute Gasteiger partial charge is 0.480 e. The van der Waals surface area contributed by atoms with Gasteiger partial charge in [0.05, 0.1) is 10.6 Å². The van der Waals surface area contributed by atoms with Crippen LogP contribution in [0.5, 0.6) is 0 Å². The molecule has 102 valence electrons. The van der Waals surface area contributed by atoms with Crippen molar-refractivity contribution in [2.45, 2.75) is 0 Å². The molecule has 1 aromatic rings. The average Bonchev–Trinajstić information content (AvgIpc) is 2.29. The van der Waals surface area contributed by atoms with Crippen molar-refractivity contribution in [2.24, 2.45) is 5.73 Å². The van der Waals surface area contributed by atoms with Gasteiger partial charge in [-0.3, -0.25) is 14.4 Å². The SMILES string of the molecule is NC(=O)CN(CC(=O)O)C(=O)c1cnc(Cl)c(Cl)c1. The molecule has 19 heavy (non-hydrogen) atoms. The number of carboxylic acids is 1. The summed E-state index contributed by atoms with van der Waals surface area (Å²) in [5.41, 5.74) is 4.96. The van der Waals surface area contributed by atoms with E-state index in [9.17, 15) is 14.4 Å². The second kappa shape index (κ2) is 6.35. The summed E-state index contributed by atoms with van der Waals surface area (Å²) in [6.45, 7) is -1.19. The summed E-state index contributed by atoms with van der Waals surface area (Å²) in [4.78, 5) is 37.9. The number of amides is 2. The first-order valence-electron chi connectivity index (χ1n) is 4.91. The average molecular weight is 306 g/mol. The minimum atomic E-state index is -1.28. The van der Waals surface area contributed by atoms with Gasteiger partial charge in [-0.15, -0.1) is 0 Å². The van der Waals surface area contributed by atoms with Gasteiger partial charge in [0.1, 0.15) is 18.2 Å². The molecule has 7 nitrogen and oxygen atoms in total. The number of carboxylic acid groups (broad SMARTS) is 1. The minimum Gasteiger partial charge on any atom is -0.480 e. The number of nitrogens with two attached hydrogens (primary N) is 1. The number of pyridine rings is 1. The van der Waals surface area contributed by atoms with E-state index >= 15 is 0 Å². The molecule has 0 aliphatic rings. The van der Waals surface area contributed by atoms with Gasteiger partial charge in [0.2, 0.25) is 5.91 Å². The summed E-state index contributed by atoms with van der Waals surface area (Å²) in [5.74, 6) is -2.84. The van der Waals surface area contributed by atoms with Crippen LogP contribution in [0, 0.1) is 0 Å². The zero-order valence-corrected chi connectivity index (χ0v) is 11.0. The summed E-state index contributed by atoms with van der Waals surface area (Å²) < 4.78 is 0. The van der Waals surface area contributed by atoms with Crippen molar-refractivity contribution in [1.29, 1.82) is 0 Å². The van der Waals surface area contributed by atoms with Crippen LogP contribution < -0.4 is 5.73 Å². The maximum Gasteiger partial charge on any atom is 0.323 e. The second-order valence-electron chi connectivity index (χ2n) is 3.52. The standard InChI is InChI=1S/C10H9Cl2N3O4/c11-6-1-5(2-14-9(6)12)10(19)15(3-7(13)16)4-8(17)18/h1-2H,3-4H2,(H2,13,16)(H,17,18). The van der Waals surface area contributed by atoms with Gasteiger partial charge in [-0.05, 0) is 6.07 Å². The van der Waals surface area contributed by atoms with Gasteiger partial charge in [-0.25, -0.2) is 4.98 Å². The fourth-order valence-electron chi connectivity index (χ4n) is 1.27. The zero-order valence-electron chi connectivity index (χ0n) is 9.47. The first-order chi connectivity index (χ1) is 8.81. The highest BCUT2D eigenvalue weighted by Crippen LogP contribution is 2.20. The Morgan fingerprint density at radius 3 is 2.42 bits per heavy atom. The number of nitrogens with zero attached hydrogens (tertiary/aromatic N) is 2. The van der Waals surface area contributed by atoms with Gasteiger partial charge < -0.3 is 15.7 Å². The van der Waals surface area contributed by atoms with Gasteiger partial charge >= 0.3 is 5.97 Å². The number of hydrogen-bond acceptors (Lipinski definition) is 4. The van der Waals surface area contributed by atoms with Crippen LogP contribution >= 0.6 is 23.2 Å². The number of rotatable bonds is 5. The van der Waals surface area contributed by atoms with Crippen molar-refractivity contribution in [1.82, 2.24) is 9.88 Å². The lowest BCUT2D eigenvalue weighted by molar-refractivity contribution is -0.138. The van der Waals surface area contributed by atoms with Gasteiger partial charge in [-0.2, -0.15) is 0 Å². The molecular formula is C10H9Cl2N3O4. The summed E-state index contributed by atoms with van der Waals surface area (Å²) in [6.07, 6.45) is 1.13. The third-order valence-electron chi connectivity index (χ3n) is 2.00. The van der Waals surface area contributed by atoms with E-state index in [1.807, 2.05) is 0 Å². The smallest absolute Gasteiger partial charge is 0.323 e. The molecule has 0 saturated heterocycles. The van der Waals surface area contributed by atoms with E-state index in [0.29, 0.717) is 0 Å². The van der Waals surface area contributed by atoms with Crippen LogP contribution in [0.4, 0.5) is 0 Å². The molecule has 0 radical (unpaired) electrons. The Balaban J connectivity index is 3.00. The zero-order chi connectivity index (χ0) is 14.6. The number of halogens is 2. The van der Waals surface area contributed by atoms with E-state index in [-0.39, 0.29) is 15.7 Å². The lowest BCUT2D eigenvalue weighted by atomic mass is 10.2. The van der Waals surface area contributed by atoms with Crippen LogP contribution in [0.25, 0.3) is 0 Å². The molecule has 0 saturated carbocycles. The van der Waals surface area contributed by atoms with Crippen molar-refractivity contribution in [2.75, 3.05) is 13.1 Å². The van der Waals surface area contributed by atoms with Gasteiger partial charge in [0.25, 0.3) is 5.91 Å². The molecule has 1 aromatic heterocycles. The van der Waals surface area contributed by atoms with Crippen molar-refractivity contribution < 1.29 is 19.5 Å². The monoisotopic (exact) mass is 305 g/mol. The highest BCUT2D eigenvalue weighted by molar-refractivity contribution is 6.41. The topological polar surface area (TPSA) is 114 Å². The molecular weight excluding hydrogens is 297 g/mol. The Morgan fingerprint density at radius 1 is 1.32 bits per heavy atom. The Hall–Kier alpha value is -1.86. The number of aromatic nitrogens is 1. The maximum atomic E-state index is 12.0. The van der Waals surface area contributed by atoms with E-state index in [4.69, 9.17) is 34.0 Å². The molecule has 1 rings (SSSR count). The molecule has 0 atom stereocenters. The third kappa shape index (κ3) is 4.38. The second-order valence-corrected chi connectivity index (χ2v) is 4.28. The molecule has 0 aromatic carbocycles. The Kier molecular flexibility index (Phi) is 5.08. The predicted molar refractivity (Wildman–Crippen MR) is 67.0 cm³/mol. The van der Waals surface area contributed by atoms with Gasteiger partial charge in [-0.1, -0.05) is 23.2 Å². The van der Waals surface area contributed by atoms with E-state index in [2.05, 4.69) is 4.98 Å². The summed E-state index contributed by atoms with van der Waals surface area (Å²) in [6, 6.07) is 1.23.